The van der Waals surface area contributed by atoms with E-state index in [9.17, 15) is 5.11 Å². The fourth-order valence-corrected chi connectivity index (χ4v) is 4.49. The summed E-state index contributed by atoms with van der Waals surface area (Å²) >= 11 is 0. The van der Waals surface area contributed by atoms with Crippen LogP contribution in [0.1, 0.15) is 52.4 Å². The Bertz CT molecular complexity index is 278. The van der Waals surface area contributed by atoms with Gasteiger partial charge in [-0.05, 0) is 56.3 Å². The highest BCUT2D eigenvalue weighted by Gasteiger charge is 2.44. The van der Waals surface area contributed by atoms with Crippen LogP contribution < -0.4 is 0 Å². The third kappa shape index (κ3) is 2.15. The van der Waals surface area contributed by atoms with Crippen LogP contribution in [-0.2, 0) is 0 Å². The van der Waals surface area contributed by atoms with E-state index in [4.69, 9.17) is 0 Å². The first-order valence-corrected chi connectivity index (χ1v) is 7.59. The van der Waals surface area contributed by atoms with Crippen LogP contribution >= 0.6 is 0 Å². The molecule has 2 nitrogen and oxygen atoms in total. The molecule has 1 N–H and O–H groups in total. The first kappa shape index (κ1) is 12.0. The Morgan fingerprint density at radius 1 is 1.06 bits per heavy atom. The Kier molecular flexibility index (Phi) is 3.20. The van der Waals surface area contributed by atoms with Gasteiger partial charge in [0.1, 0.15) is 0 Å². The molecule has 3 fully saturated rings. The third-order valence-corrected chi connectivity index (χ3v) is 5.64. The van der Waals surface area contributed by atoms with Crippen LogP contribution in [0, 0.1) is 17.8 Å². The van der Waals surface area contributed by atoms with Crippen molar-refractivity contribution < 1.29 is 5.11 Å². The van der Waals surface area contributed by atoms with E-state index in [1.165, 1.54) is 38.6 Å². The molecule has 0 amide bonds. The molecule has 1 saturated heterocycles. The van der Waals surface area contributed by atoms with Gasteiger partial charge in [0.05, 0.1) is 6.10 Å². The summed E-state index contributed by atoms with van der Waals surface area (Å²) < 4.78 is 0. The predicted molar refractivity (Wildman–Crippen MR) is 69.8 cm³/mol. The van der Waals surface area contributed by atoms with Gasteiger partial charge in [-0.3, -0.25) is 4.90 Å². The van der Waals surface area contributed by atoms with E-state index in [-0.39, 0.29) is 6.10 Å². The zero-order valence-electron chi connectivity index (χ0n) is 11.3. The molecule has 3 rings (SSSR count). The molecule has 2 heteroatoms. The van der Waals surface area contributed by atoms with Crippen LogP contribution in [0.3, 0.4) is 0 Å². The quantitative estimate of drug-likeness (QED) is 0.798. The Hall–Kier alpha value is -0.0800. The van der Waals surface area contributed by atoms with E-state index < -0.39 is 0 Å². The lowest BCUT2D eigenvalue weighted by Gasteiger charge is -2.43. The van der Waals surface area contributed by atoms with Crippen molar-refractivity contribution in [3.63, 3.8) is 0 Å². The zero-order chi connectivity index (χ0) is 12.0. The molecule has 0 aromatic carbocycles. The lowest BCUT2D eigenvalue weighted by atomic mass is 9.77. The standard InChI is InChI=1S/C15H27NO/c1-10(2)12-4-6-15(17)14(8-12)16-9-11-3-5-13(16)7-11/h10-15,17H,3-9H2,1-2H3. The number of likely N-dealkylation sites (tertiary alicyclic amines) is 1. The molecule has 0 spiro atoms. The average Bonchev–Trinajstić information content (AvgIpc) is 2.91. The van der Waals surface area contributed by atoms with Crippen molar-refractivity contribution in [1.82, 2.24) is 4.90 Å². The zero-order valence-corrected chi connectivity index (χ0v) is 11.3. The van der Waals surface area contributed by atoms with Gasteiger partial charge in [0.15, 0.2) is 0 Å². The van der Waals surface area contributed by atoms with Crippen LogP contribution in [0.25, 0.3) is 0 Å². The highest BCUT2D eigenvalue weighted by atomic mass is 16.3. The van der Waals surface area contributed by atoms with Crippen LogP contribution in [-0.4, -0.2) is 34.7 Å². The van der Waals surface area contributed by atoms with Crippen LogP contribution in [0.5, 0.6) is 0 Å². The van der Waals surface area contributed by atoms with E-state index in [1.807, 2.05) is 0 Å². The topological polar surface area (TPSA) is 23.5 Å². The summed E-state index contributed by atoms with van der Waals surface area (Å²) in [7, 11) is 0. The Morgan fingerprint density at radius 2 is 1.88 bits per heavy atom. The maximum atomic E-state index is 10.3. The molecule has 5 unspecified atom stereocenters. The second-order valence-electron chi connectivity index (χ2n) is 6.98. The molecule has 5 atom stereocenters. The number of hydrogen-bond acceptors (Lipinski definition) is 2. The Morgan fingerprint density at radius 3 is 2.47 bits per heavy atom. The molecule has 1 heterocycles. The highest BCUT2D eigenvalue weighted by molar-refractivity contribution is 4.99. The average molecular weight is 237 g/mol. The van der Waals surface area contributed by atoms with Gasteiger partial charge < -0.3 is 5.11 Å². The fourth-order valence-electron chi connectivity index (χ4n) is 4.49. The molecular weight excluding hydrogens is 210 g/mol. The van der Waals surface area contributed by atoms with Crippen molar-refractivity contribution in [2.75, 3.05) is 6.54 Å². The molecule has 0 radical (unpaired) electrons. The third-order valence-electron chi connectivity index (χ3n) is 5.64. The van der Waals surface area contributed by atoms with Gasteiger partial charge >= 0.3 is 0 Å². The van der Waals surface area contributed by atoms with Crippen molar-refractivity contribution in [2.24, 2.45) is 17.8 Å². The number of aliphatic hydroxyl groups excluding tert-OH is 1. The molecule has 1 aliphatic heterocycles. The molecular formula is C15H27NO. The molecule has 17 heavy (non-hydrogen) atoms. The minimum atomic E-state index is -0.0515. The Labute approximate surface area is 105 Å². The van der Waals surface area contributed by atoms with Crippen LogP contribution in [0.4, 0.5) is 0 Å². The number of rotatable bonds is 2. The predicted octanol–water partition coefficient (Wildman–Crippen LogP) is 2.66. The van der Waals surface area contributed by atoms with E-state index in [1.54, 1.807) is 0 Å². The maximum absolute atomic E-state index is 10.3. The van der Waals surface area contributed by atoms with Crippen molar-refractivity contribution in [1.29, 1.82) is 0 Å². The molecule has 98 valence electrons. The van der Waals surface area contributed by atoms with Gasteiger partial charge in [-0.1, -0.05) is 13.8 Å². The fraction of sp³-hybridized carbons (Fsp3) is 1.00. The van der Waals surface area contributed by atoms with Crippen molar-refractivity contribution in [2.45, 2.75) is 70.6 Å². The van der Waals surface area contributed by atoms with Gasteiger partial charge in [-0.2, -0.15) is 0 Å². The summed E-state index contributed by atoms with van der Waals surface area (Å²) in [5, 5.41) is 10.3. The number of piperidine rings is 1. The highest BCUT2D eigenvalue weighted by Crippen LogP contribution is 2.42. The van der Waals surface area contributed by atoms with E-state index >= 15 is 0 Å². The molecule has 0 aromatic heterocycles. The summed E-state index contributed by atoms with van der Waals surface area (Å²) in [4.78, 5) is 2.67. The molecule has 2 bridgehead atoms. The maximum Gasteiger partial charge on any atom is 0.0695 e. The lowest BCUT2D eigenvalue weighted by Crippen LogP contribution is -2.50. The van der Waals surface area contributed by atoms with E-state index in [0.29, 0.717) is 6.04 Å². The first-order valence-electron chi connectivity index (χ1n) is 7.59. The van der Waals surface area contributed by atoms with Crippen molar-refractivity contribution in [3.8, 4) is 0 Å². The lowest BCUT2D eigenvalue weighted by molar-refractivity contribution is -0.0169. The van der Waals surface area contributed by atoms with Crippen LogP contribution in [0.2, 0.25) is 0 Å². The Balaban J connectivity index is 1.68. The summed E-state index contributed by atoms with van der Waals surface area (Å²) in [5.74, 6) is 2.57. The van der Waals surface area contributed by atoms with Crippen LogP contribution in [0.15, 0.2) is 0 Å². The van der Waals surface area contributed by atoms with Crippen molar-refractivity contribution in [3.05, 3.63) is 0 Å². The minimum absolute atomic E-state index is 0.0515. The molecule has 3 aliphatic rings. The van der Waals surface area contributed by atoms with Gasteiger partial charge in [0.25, 0.3) is 0 Å². The molecule has 2 aliphatic carbocycles. The van der Waals surface area contributed by atoms with E-state index in [0.717, 1.165) is 30.2 Å². The second kappa shape index (κ2) is 4.55. The second-order valence-corrected chi connectivity index (χ2v) is 6.98. The number of aliphatic hydroxyl groups is 1. The summed E-state index contributed by atoms with van der Waals surface area (Å²) in [6.45, 7) is 5.96. The number of fused-ring (bicyclic) bond motifs is 2. The normalized spacial score (nSPS) is 46.9. The molecule has 2 saturated carbocycles. The van der Waals surface area contributed by atoms with Gasteiger partial charge in [-0.15, -0.1) is 0 Å². The minimum Gasteiger partial charge on any atom is -0.391 e. The van der Waals surface area contributed by atoms with Crippen molar-refractivity contribution >= 4 is 0 Å². The van der Waals surface area contributed by atoms with Gasteiger partial charge in [-0.25, -0.2) is 0 Å². The van der Waals surface area contributed by atoms with Gasteiger partial charge in [0.2, 0.25) is 0 Å². The molecule has 0 aromatic rings. The summed E-state index contributed by atoms with van der Waals surface area (Å²) in [6, 6.07) is 1.29. The largest absolute Gasteiger partial charge is 0.391 e. The monoisotopic (exact) mass is 237 g/mol. The summed E-state index contributed by atoms with van der Waals surface area (Å²) in [5.41, 5.74) is 0. The van der Waals surface area contributed by atoms with Gasteiger partial charge in [0, 0.05) is 18.6 Å². The SMILES string of the molecule is CC(C)C1CCC(O)C(N2CC3CCC2C3)C1. The first-order chi connectivity index (χ1) is 8.15. The van der Waals surface area contributed by atoms with E-state index in [2.05, 4.69) is 18.7 Å². The number of nitrogens with zero attached hydrogens (tertiary/aromatic N) is 1. The summed E-state index contributed by atoms with van der Waals surface area (Å²) in [6.07, 6.45) is 7.69. The smallest absolute Gasteiger partial charge is 0.0695 e. The number of hydrogen-bond donors (Lipinski definition) is 1.